The van der Waals surface area contributed by atoms with E-state index in [9.17, 15) is 14.7 Å². The van der Waals surface area contributed by atoms with Crippen molar-refractivity contribution in [2.75, 3.05) is 6.54 Å². The van der Waals surface area contributed by atoms with E-state index in [1.165, 1.54) is 4.90 Å². The molecule has 1 saturated heterocycles. The van der Waals surface area contributed by atoms with Gasteiger partial charge >= 0.3 is 0 Å². The number of benzene rings is 1. The molecule has 4 rings (SSSR count). The van der Waals surface area contributed by atoms with E-state index >= 15 is 0 Å². The first kappa shape index (κ1) is 19.1. The molecule has 1 aliphatic heterocycles. The van der Waals surface area contributed by atoms with Crippen LogP contribution in [-0.2, 0) is 22.6 Å². The molecule has 29 heavy (non-hydrogen) atoms. The second-order valence-corrected chi connectivity index (χ2v) is 7.31. The largest absolute Gasteiger partial charge is 0.391 e. The smallest absolute Gasteiger partial charge is 0.243 e. The summed E-state index contributed by atoms with van der Waals surface area (Å²) in [5.74, 6) is -0.116. The number of carbonyl (C=O) groups excluding carboxylic acids is 2. The normalized spacial score (nSPS) is 18.9. The van der Waals surface area contributed by atoms with E-state index in [4.69, 9.17) is 4.52 Å². The molecule has 2 atom stereocenters. The quantitative estimate of drug-likeness (QED) is 0.676. The minimum Gasteiger partial charge on any atom is -0.391 e. The van der Waals surface area contributed by atoms with E-state index in [2.05, 4.69) is 15.5 Å². The average Bonchev–Trinajstić information content (AvgIpc) is 3.31. The molecule has 8 heteroatoms. The Morgan fingerprint density at radius 3 is 2.97 bits per heavy atom. The lowest BCUT2D eigenvalue weighted by molar-refractivity contribution is -0.138. The molecular formula is C21H22N4O4. The zero-order chi connectivity index (χ0) is 20.4. The lowest BCUT2D eigenvalue weighted by Gasteiger charge is -2.23. The fraction of sp³-hybridized carbons (Fsp3) is 0.333. The summed E-state index contributed by atoms with van der Waals surface area (Å²) >= 11 is 0. The predicted molar refractivity (Wildman–Crippen MR) is 105 cm³/mol. The molecule has 0 radical (unpaired) electrons. The Morgan fingerprint density at radius 1 is 1.31 bits per heavy atom. The maximum atomic E-state index is 12.7. The van der Waals surface area contributed by atoms with Crippen LogP contribution in [0.4, 0.5) is 0 Å². The summed E-state index contributed by atoms with van der Waals surface area (Å²) < 4.78 is 5.09. The van der Waals surface area contributed by atoms with Gasteiger partial charge in [-0.25, -0.2) is 0 Å². The number of amides is 2. The summed E-state index contributed by atoms with van der Waals surface area (Å²) in [6.45, 7) is 2.22. The second-order valence-electron chi connectivity index (χ2n) is 7.31. The number of aliphatic hydroxyl groups excluding tert-OH is 1. The predicted octanol–water partition coefficient (Wildman–Crippen LogP) is 1.35. The first-order chi connectivity index (χ1) is 14.0. The van der Waals surface area contributed by atoms with Gasteiger partial charge in [0.15, 0.2) is 0 Å². The number of aromatic nitrogens is 2. The molecule has 8 nitrogen and oxygen atoms in total. The minimum absolute atomic E-state index is 0.00762. The van der Waals surface area contributed by atoms with E-state index in [1.807, 2.05) is 30.3 Å². The maximum absolute atomic E-state index is 12.7. The van der Waals surface area contributed by atoms with Crippen LogP contribution in [0.2, 0.25) is 0 Å². The van der Waals surface area contributed by atoms with Crippen molar-refractivity contribution in [2.24, 2.45) is 0 Å². The lowest BCUT2D eigenvalue weighted by Crippen LogP contribution is -2.46. The highest BCUT2D eigenvalue weighted by molar-refractivity contribution is 5.89. The van der Waals surface area contributed by atoms with Crippen molar-refractivity contribution >= 4 is 22.7 Å². The van der Waals surface area contributed by atoms with Crippen LogP contribution >= 0.6 is 0 Å². The molecule has 0 aliphatic carbocycles. The number of hydrogen-bond donors (Lipinski definition) is 2. The number of carbonyl (C=O) groups is 2. The summed E-state index contributed by atoms with van der Waals surface area (Å²) in [6, 6.07) is 10.6. The Morgan fingerprint density at radius 2 is 2.17 bits per heavy atom. The zero-order valence-corrected chi connectivity index (χ0v) is 16.0. The number of likely N-dealkylation sites (tertiary alicyclic amines) is 1. The van der Waals surface area contributed by atoms with Crippen LogP contribution in [-0.4, -0.2) is 50.7 Å². The molecule has 0 bridgehead atoms. The number of pyridine rings is 1. The zero-order valence-electron chi connectivity index (χ0n) is 16.0. The van der Waals surface area contributed by atoms with Gasteiger partial charge in [0.25, 0.3) is 0 Å². The van der Waals surface area contributed by atoms with Crippen molar-refractivity contribution in [3.8, 4) is 0 Å². The number of fused-ring (bicyclic) bond motifs is 1. The highest BCUT2D eigenvalue weighted by atomic mass is 16.5. The van der Waals surface area contributed by atoms with Crippen molar-refractivity contribution in [1.29, 1.82) is 0 Å². The van der Waals surface area contributed by atoms with Gasteiger partial charge in [0.05, 0.1) is 23.7 Å². The van der Waals surface area contributed by atoms with E-state index in [0.717, 1.165) is 16.5 Å². The summed E-state index contributed by atoms with van der Waals surface area (Å²) in [5, 5.41) is 17.7. The van der Waals surface area contributed by atoms with Gasteiger partial charge in [-0.3, -0.25) is 14.6 Å². The minimum atomic E-state index is -0.726. The van der Waals surface area contributed by atoms with Crippen molar-refractivity contribution in [3.05, 3.63) is 59.6 Å². The number of hydrogen-bond acceptors (Lipinski definition) is 6. The van der Waals surface area contributed by atoms with E-state index in [-0.39, 0.29) is 31.2 Å². The van der Waals surface area contributed by atoms with Gasteiger partial charge in [0.1, 0.15) is 11.8 Å². The van der Waals surface area contributed by atoms with Crippen molar-refractivity contribution in [2.45, 2.75) is 38.5 Å². The molecule has 2 aromatic heterocycles. The molecule has 1 unspecified atom stereocenters. The SMILES string of the molecule is Cc1cc(CC(=O)N2C[C@H](O)CC2C(=O)NCc2ccc3cccnc3c2)on1. The van der Waals surface area contributed by atoms with Gasteiger partial charge < -0.3 is 19.8 Å². The summed E-state index contributed by atoms with van der Waals surface area (Å²) in [6.07, 6.45) is 1.22. The third-order valence-corrected chi connectivity index (χ3v) is 5.04. The first-order valence-electron chi connectivity index (χ1n) is 9.50. The van der Waals surface area contributed by atoms with Gasteiger partial charge in [-0.2, -0.15) is 0 Å². The first-order valence-corrected chi connectivity index (χ1v) is 9.50. The molecule has 1 aliphatic rings. The summed E-state index contributed by atoms with van der Waals surface area (Å²) in [5.41, 5.74) is 2.46. The van der Waals surface area contributed by atoms with Gasteiger partial charge in [0, 0.05) is 37.2 Å². The fourth-order valence-corrected chi connectivity index (χ4v) is 3.62. The number of β-amino-alcohol motifs (C(OH)–C–C–N with tert-alkyl or cyclic N) is 1. The Balaban J connectivity index is 1.40. The maximum Gasteiger partial charge on any atom is 0.243 e. The molecule has 2 N–H and O–H groups in total. The highest BCUT2D eigenvalue weighted by Crippen LogP contribution is 2.20. The van der Waals surface area contributed by atoms with Gasteiger partial charge in [0.2, 0.25) is 11.8 Å². The fourth-order valence-electron chi connectivity index (χ4n) is 3.62. The molecule has 1 aromatic carbocycles. The molecule has 2 amide bonds. The molecule has 150 valence electrons. The monoisotopic (exact) mass is 394 g/mol. The third kappa shape index (κ3) is 4.27. The molecule has 3 heterocycles. The standard InChI is InChI=1S/C21H22N4O4/c1-13-7-17(29-24-13)10-20(27)25-12-16(26)9-19(25)21(28)23-11-14-4-5-15-3-2-6-22-18(15)8-14/h2-8,16,19,26H,9-12H2,1H3,(H,23,28)/t16-,19?/m1/s1. The number of rotatable bonds is 5. The second kappa shape index (κ2) is 8.00. The third-order valence-electron chi connectivity index (χ3n) is 5.04. The van der Waals surface area contributed by atoms with E-state index in [1.54, 1.807) is 19.2 Å². The van der Waals surface area contributed by atoms with Crippen LogP contribution in [0.5, 0.6) is 0 Å². The van der Waals surface area contributed by atoms with E-state index in [0.29, 0.717) is 18.0 Å². The number of nitrogens with one attached hydrogen (secondary N) is 1. The number of nitrogens with zero attached hydrogens (tertiary/aromatic N) is 3. The molecule has 1 fully saturated rings. The van der Waals surface area contributed by atoms with Crippen LogP contribution in [0.1, 0.15) is 23.4 Å². The van der Waals surface area contributed by atoms with Crippen molar-refractivity contribution < 1.29 is 19.2 Å². The summed E-state index contributed by atoms with van der Waals surface area (Å²) in [4.78, 5) is 31.1. The van der Waals surface area contributed by atoms with Crippen molar-refractivity contribution in [1.82, 2.24) is 20.4 Å². The highest BCUT2D eigenvalue weighted by Gasteiger charge is 2.38. The van der Waals surface area contributed by atoms with Gasteiger partial charge in [-0.1, -0.05) is 23.4 Å². The van der Waals surface area contributed by atoms with Crippen LogP contribution in [0.15, 0.2) is 47.1 Å². The van der Waals surface area contributed by atoms with Crippen molar-refractivity contribution in [3.63, 3.8) is 0 Å². The summed E-state index contributed by atoms with van der Waals surface area (Å²) in [7, 11) is 0. The topological polar surface area (TPSA) is 109 Å². The molecule has 0 spiro atoms. The Labute approximate surface area is 167 Å². The van der Waals surface area contributed by atoms with Crippen LogP contribution in [0, 0.1) is 6.92 Å². The van der Waals surface area contributed by atoms with Gasteiger partial charge in [-0.05, 0) is 24.6 Å². The number of aliphatic hydroxyl groups is 1. The average molecular weight is 394 g/mol. The Hall–Kier alpha value is -3.26. The molecule has 3 aromatic rings. The van der Waals surface area contributed by atoms with Gasteiger partial charge in [-0.15, -0.1) is 0 Å². The lowest BCUT2D eigenvalue weighted by atomic mass is 10.1. The molecule has 0 saturated carbocycles. The van der Waals surface area contributed by atoms with Crippen LogP contribution in [0.25, 0.3) is 10.9 Å². The molecular weight excluding hydrogens is 372 g/mol. The number of aryl methyl sites for hydroxylation is 1. The Bertz CT molecular complexity index is 1050. The Kier molecular flexibility index (Phi) is 5.26. The van der Waals surface area contributed by atoms with E-state index < -0.39 is 12.1 Å². The van der Waals surface area contributed by atoms with Crippen LogP contribution in [0.3, 0.4) is 0 Å². The van der Waals surface area contributed by atoms with Crippen LogP contribution < -0.4 is 5.32 Å².